The Hall–Kier alpha value is -3.59. The standard InChI is InChI=1S/C21H17N3O5S/c25-19(6-4-13-3-5-15-17(10-13)29-12-28-15)24-8-7-14-18(11-24)30-21(22-14)23-20(26)16-2-1-9-27-16/h1-6,9-10H,7-8,11-12H2,(H,22,23,26)/b6-4+. The number of amides is 2. The Morgan fingerprint density at radius 1 is 1.20 bits per heavy atom. The van der Waals surface area contributed by atoms with Crippen LogP contribution >= 0.6 is 11.3 Å². The largest absolute Gasteiger partial charge is 0.459 e. The second kappa shape index (κ2) is 7.68. The average Bonchev–Trinajstić information content (AvgIpc) is 3.51. The van der Waals surface area contributed by atoms with Crippen molar-refractivity contribution in [3.63, 3.8) is 0 Å². The third kappa shape index (κ3) is 3.67. The van der Waals surface area contributed by atoms with Crippen LogP contribution in [0, 0.1) is 0 Å². The van der Waals surface area contributed by atoms with Crippen molar-refractivity contribution in [1.82, 2.24) is 9.88 Å². The van der Waals surface area contributed by atoms with E-state index in [9.17, 15) is 9.59 Å². The summed E-state index contributed by atoms with van der Waals surface area (Å²) in [4.78, 5) is 32.0. The molecule has 2 aliphatic heterocycles. The van der Waals surface area contributed by atoms with Crippen LogP contribution < -0.4 is 14.8 Å². The molecule has 0 unspecified atom stereocenters. The van der Waals surface area contributed by atoms with E-state index in [1.54, 1.807) is 29.2 Å². The van der Waals surface area contributed by atoms with E-state index in [2.05, 4.69) is 10.3 Å². The number of nitrogens with one attached hydrogen (secondary N) is 1. The molecule has 2 aromatic heterocycles. The van der Waals surface area contributed by atoms with Crippen LogP contribution in [0.4, 0.5) is 5.13 Å². The van der Waals surface area contributed by atoms with Gasteiger partial charge in [-0.2, -0.15) is 0 Å². The fourth-order valence-electron chi connectivity index (χ4n) is 3.29. The van der Waals surface area contributed by atoms with Gasteiger partial charge >= 0.3 is 0 Å². The molecule has 30 heavy (non-hydrogen) atoms. The zero-order chi connectivity index (χ0) is 20.5. The minimum Gasteiger partial charge on any atom is -0.459 e. The minimum atomic E-state index is -0.342. The number of hydrogen-bond donors (Lipinski definition) is 1. The Labute approximate surface area is 175 Å². The van der Waals surface area contributed by atoms with Crippen molar-refractivity contribution in [2.24, 2.45) is 0 Å². The van der Waals surface area contributed by atoms with Crippen LogP contribution in [0.15, 0.2) is 47.1 Å². The summed E-state index contributed by atoms with van der Waals surface area (Å²) < 4.78 is 15.8. The fourth-order valence-corrected chi connectivity index (χ4v) is 4.31. The van der Waals surface area contributed by atoms with E-state index in [1.807, 2.05) is 18.2 Å². The number of aromatic nitrogens is 1. The molecule has 0 saturated carbocycles. The fraction of sp³-hybridized carbons (Fsp3) is 0.190. The quantitative estimate of drug-likeness (QED) is 0.647. The van der Waals surface area contributed by atoms with Crippen molar-refractivity contribution in [2.75, 3.05) is 18.7 Å². The van der Waals surface area contributed by atoms with Gasteiger partial charge in [0, 0.05) is 23.9 Å². The molecule has 8 nitrogen and oxygen atoms in total. The van der Waals surface area contributed by atoms with Crippen LogP contribution in [-0.4, -0.2) is 35.0 Å². The number of thiazole rings is 1. The number of nitrogens with zero attached hydrogens (tertiary/aromatic N) is 2. The summed E-state index contributed by atoms with van der Waals surface area (Å²) in [6.45, 7) is 1.26. The van der Waals surface area contributed by atoms with Gasteiger partial charge in [-0.25, -0.2) is 4.98 Å². The second-order valence-electron chi connectivity index (χ2n) is 6.78. The smallest absolute Gasteiger partial charge is 0.293 e. The van der Waals surface area contributed by atoms with Crippen LogP contribution in [0.3, 0.4) is 0 Å². The Bertz CT molecular complexity index is 1140. The van der Waals surface area contributed by atoms with Gasteiger partial charge in [-0.3, -0.25) is 14.9 Å². The first-order chi connectivity index (χ1) is 14.7. The maximum absolute atomic E-state index is 12.6. The second-order valence-corrected chi connectivity index (χ2v) is 7.86. The van der Waals surface area contributed by atoms with Crippen molar-refractivity contribution in [2.45, 2.75) is 13.0 Å². The lowest BCUT2D eigenvalue weighted by atomic mass is 10.1. The lowest BCUT2D eigenvalue weighted by Gasteiger charge is -2.24. The first-order valence-electron chi connectivity index (χ1n) is 9.36. The van der Waals surface area contributed by atoms with Crippen LogP contribution in [0.2, 0.25) is 0 Å². The van der Waals surface area contributed by atoms with E-state index in [0.717, 1.165) is 16.1 Å². The van der Waals surface area contributed by atoms with Gasteiger partial charge < -0.3 is 18.8 Å². The van der Waals surface area contributed by atoms with Crippen molar-refractivity contribution >= 4 is 34.4 Å². The molecule has 1 aromatic carbocycles. The molecule has 0 aliphatic carbocycles. The van der Waals surface area contributed by atoms with E-state index in [-0.39, 0.29) is 24.4 Å². The number of carbonyl (C=O) groups is 2. The molecule has 0 saturated heterocycles. The molecule has 2 amide bonds. The van der Waals surface area contributed by atoms with Gasteiger partial charge in [0.1, 0.15) is 0 Å². The third-order valence-corrected chi connectivity index (χ3v) is 5.82. The predicted octanol–water partition coefficient (Wildman–Crippen LogP) is 3.32. The normalized spacial score (nSPS) is 14.7. The van der Waals surface area contributed by atoms with Gasteiger partial charge in [-0.05, 0) is 35.9 Å². The minimum absolute atomic E-state index is 0.0760. The number of fused-ring (bicyclic) bond motifs is 2. The molecule has 5 rings (SSSR count). The highest BCUT2D eigenvalue weighted by molar-refractivity contribution is 7.15. The molecule has 4 heterocycles. The lowest BCUT2D eigenvalue weighted by molar-refractivity contribution is -0.126. The van der Waals surface area contributed by atoms with Crippen molar-refractivity contribution in [1.29, 1.82) is 0 Å². The van der Waals surface area contributed by atoms with Gasteiger partial charge in [-0.1, -0.05) is 17.4 Å². The first-order valence-corrected chi connectivity index (χ1v) is 10.2. The van der Waals surface area contributed by atoms with Crippen LogP contribution in [0.5, 0.6) is 11.5 Å². The zero-order valence-electron chi connectivity index (χ0n) is 15.8. The highest BCUT2D eigenvalue weighted by Crippen LogP contribution is 2.33. The summed E-state index contributed by atoms with van der Waals surface area (Å²) in [6.07, 6.45) is 5.42. The van der Waals surface area contributed by atoms with E-state index in [1.165, 1.54) is 17.6 Å². The van der Waals surface area contributed by atoms with Crippen molar-refractivity contribution in [3.05, 3.63) is 64.6 Å². The Balaban J connectivity index is 1.23. The van der Waals surface area contributed by atoms with Gasteiger partial charge in [0.05, 0.1) is 18.5 Å². The van der Waals surface area contributed by atoms with Gasteiger partial charge in [0.15, 0.2) is 22.4 Å². The van der Waals surface area contributed by atoms with Crippen molar-refractivity contribution < 1.29 is 23.5 Å². The van der Waals surface area contributed by atoms with Gasteiger partial charge in [0.25, 0.3) is 5.91 Å². The Morgan fingerprint density at radius 3 is 2.97 bits per heavy atom. The maximum atomic E-state index is 12.6. The molecule has 2 aliphatic rings. The molecule has 152 valence electrons. The van der Waals surface area contributed by atoms with Crippen LogP contribution in [0.1, 0.15) is 26.7 Å². The average molecular weight is 423 g/mol. The number of benzene rings is 1. The van der Waals surface area contributed by atoms with Gasteiger partial charge in [-0.15, -0.1) is 0 Å². The molecule has 3 aromatic rings. The number of furan rings is 1. The summed E-state index contributed by atoms with van der Waals surface area (Å²) in [5, 5.41) is 3.25. The molecule has 1 N–H and O–H groups in total. The molecule has 0 fully saturated rings. The molecule has 0 spiro atoms. The molecular weight excluding hydrogens is 406 g/mol. The summed E-state index contributed by atoms with van der Waals surface area (Å²) in [6, 6.07) is 8.80. The van der Waals surface area contributed by atoms with Crippen LogP contribution in [-0.2, 0) is 17.8 Å². The third-order valence-electron chi connectivity index (χ3n) is 4.82. The number of anilines is 1. The summed E-state index contributed by atoms with van der Waals surface area (Å²) in [5.74, 6) is 1.20. The predicted molar refractivity (Wildman–Crippen MR) is 109 cm³/mol. The highest BCUT2D eigenvalue weighted by atomic mass is 32.1. The number of carbonyl (C=O) groups excluding carboxylic acids is 2. The highest BCUT2D eigenvalue weighted by Gasteiger charge is 2.24. The molecule has 0 radical (unpaired) electrons. The van der Waals surface area contributed by atoms with E-state index < -0.39 is 0 Å². The first kappa shape index (κ1) is 18.4. The summed E-state index contributed by atoms with van der Waals surface area (Å²) in [5.41, 5.74) is 1.78. The van der Waals surface area contributed by atoms with E-state index in [4.69, 9.17) is 13.9 Å². The zero-order valence-corrected chi connectivity index (χ0v) is 16.6. The molecular formula is C21H17N3O5S. The Morgan fingerprint density at radius 2 is 2.10 bits per heavy atom. The Kier molecular flexibility index (Phi) is 4.72. The number of hydrogen-bond acceptors (Lipinski definition) is 7. The van der Waals surface area contributed by atoms with Crippen LogP contribution in [0.25, 0.3) is 6.08 Å². The van der Waals surface area contributed by atoms with Gasteiger partial charge in [0.2, 0.25) is 12.7 Å². The number of rotatable bonds is 4. The summed E-state index contributed by atoms with van der Waals surface area (Å²) in [7, 11) is 0. The maximum Gasteiger partial charge on any atom is 0.293 e. The summed E-state index contributed by atoms with van der Waals surface area (Å²) >= 11 is 1.38. The molecule has 9 heteroatoms. The van der Waals surface area contributed by atoms with Crippen molar-refractivity contribution in [3.8, 4) is 11.5 Å². The number of ether oxygens (including phenoxy) is 2. The molecule has 0 atom stereocenters. The molecule has 0 bridgehead atoms. The monoisotopic (exact) mass is 423 g/mol. The van der Waals surface area contributed by atoms with E-state index >= 15 is 0 Å². The van der Waals surface area contributed by atoms with E-state index in [0.29, 0.717) is 36.1 Å². The lowest BCUT2D eigenvalue weighted by Crippen LogP contribution is -2.34. The topological polar surface area (TPSA) is 93.9 Å². The SMILES string of the molecule is O=C(Nc1nc2c(s1)CN(C(=O)/C=C/c1ccc3c(c1)OCO3)CC2)c1ccco1.